The summed E-state index contributed by atoms with van der Waals surface area (Å²) < 4.78 is 2.60. The quantitative estimate of drug-likeness (QED) is 0.397. The molecule has 0 atom stereocenters. The molecule has 0 amide bonds. The first-order valence-electron chi connectivity index (χ1n) is 5.69. The number of rotatable bonds is 0. The van der Waals surface area contributed by atoms with Crippen molar-refractivity contribution in [2.75, 3.05) is 0 Å². The highest BCUT2D eigenvalue weighted by Gasteiger charge is 2.09. The fraction of sp³-hybridized carbons (Fsp3) is 0. The summed E-state index contributed by atoms with van der Waals surface area (Å²) in [6, 6.07) is 14.7. The molecule has 0 saturated heterocycles. The van der Waals surface area contributed by atoms with Gasteiger partial charge in [-0.2, -0.15) is 0 Å². The minimum Gasteiger partial charge on any atom is -0.244 e. The SMILES string of the molecule is Clc1nccc2c1ccc1c3ccccc3sc21. The average Bonchev–Trinajstić information content (AvgIpc) is 2.78. The minimum absolute atomic E-state index is 0.576. The van der Waals surface area contributed by atoms with Crippen molar-refractivity contribution in [1.82, 2.24) is 4.98 Å². The number of thiophene rings is 1. The molecule has 0 bridgehead atoms. The first kappa shape index (κ1) is 10.3. The van der Waals surface area contributed by atoms with Crippen LogP contribution in [0, 0.1) is 0 Å². The molecule has 0 N–H and O–H groups in total. The van der Waals surface area contributed by atoms with E-state index in [1.54, 1.807) is 6.20 Å². The molecule has 0 aliphatic carbocycles. The standard InChI is InChI=1S/C15H8ClNS/c16-15-12-6-5-10-9-3-1-2-4-13(9)18-14(10)11(12)7-8-17-15/h1-8H. The number of hydrogen-bond acceptors (Lipinski definition) is 2. The number of nitrogens with zero attached hydrogens (tertiary/aromatic N) is 1. The summed E-state index contributed by atoms with van der Waals surface area (Å²) in [4.78, 5) is 4.14. The second kappa shape index (κ2) is 3.67. The molecule has 0 aliphatic heterocycles. The van der Waals surface area contributed by atoms with E-state index in [2.05, 4.69) is 41.4 Å². The molecule has 1 nitrogen and oxygen atoms in total. The van der Waals surface area contributed by atoms with Gasteiger partial charge in [0, 0.05) is 37.1 Å². The Kier molecular flexibility index (Phi) is 2.10. The predicted molar refractivity (Wildman–Crippen MR) is 79.6 cm³/mol. The van der Waals surface area contributed by atoms with Crippen LogP contribution in [-0.4, -0.2) is 4.98 Å². The van der Waals surface area contributed by atoms with Crippen LogP contribution in [0.25, 0.3) is 30.9 Å². The molecular formula is C15H8ClNS. The highest BCUT2D eigenvalue weighted by molar-refractivity contribution is 7.26. The summed E-state index contributed by atoms with van der Waals surface area (Å²) in [5.41, 5.74) is 0. The first-order chi connectivity index (χ1) is 8.84. The molecule has 18 heavy (non-hydrogen) atoms. The fourth-order valence-electron chi connectivity index (χ4n) is 2.40. The maximum Gasteiger partial charge on any atom is 0.136 e. The highest BCUT2D eigenvalue weighted by Crippen LogP contribution is 2.39. The predicted octanol–water partition coefficient (Wildman–Crippen LogP) is 5.26. The first-order valence-corrected chi connectivity index (χ1v) is 6.88. The lowest BCUT2D eigenvalue weighted by atomic mass is 10.1. The molecule has 4 aromatic rings. The second-order valence-corrected chi connectivity index (χ2v) is 5.65. The van der Waals surface area contributed by atoms with Crippen LogP contribution < -0.4 is 0 Å². The Morgan fingerprint density at radius 1 is 0.833 bits per heavy atom. The smallest absolute Gasteiger partial charge is 0.136 e. The molecular weight excluding hydrogens is 262 g/mol. The van der Waals surface area contributed by atoms with Crippen LogP contribution in [0.4, 0.5) is 0 Å². The van der Waals surface area contributed by atoms with Gasteiger partial charge in [-0.05, 0) is 12.1 Å². The van der Waals surface area contributed by atoms with Crippen LogP contribution >= 0.6 is 22.9 Å². The summed E-state index contributed by atoms with van der Waals surface area (Å²) in [5, 5.41) is 5.40. The van der Waals surface area contributed by atoms with Crippen molar-refractivity contribution in [2.24, 2.45) is 0 Å². The third-order valence-corrected chi connectivity index (χ3v) is 4.76. The molecule has 2 aromatic carbocycles. The van der Waals surface area contributed by atoms with Crippen molar-refractivity contribution < 1.29 is 0 Å². The number of fused-ring (bicyclic) bond motifs is 5. The number of aromatic nitrogens is 1. The van der Waals surface area contributed by atoms with E-state index in [-0.39, 0.29) is 0 Å². The van der Waals surface area contributed by atoms with Gasteiger partial charge in [0.15, 0.2) is 0 Å². The Morgan fingerprint density at radius 2 is 1.61 bits per heavy atom. The summed E-state index contributed by atoms with van der Waals surface area (Å²) in [5.74, 6) is 0. The largest absolute Gasteiger partial charge is 0.244 e. The normalized spacial score (nSPS) is 11.6. The van der Waals surface area contributed by atoms with Gasteiger partial charge >= 0.3 is 0 Å². The van der Waals surface area contributed by atoms with Crippen LogP contribution in [0.15, 0.2) is 48.7 Å². The van der Waals surface area contributed by atoms with Crippen molar-refractivity contribution in [1.29, 1.82) is 0 Å². The van der Waals surface area contributed by atoms with Gasteiger partial charge < -0.3 is 0 Å². The van der Waals surface area contributed by atoms with Crippen molar-refractivity contribution in [3.63, 3.8) is 0 Å². The van der Waals surface area contributed by atoms with Gasteiger partial charge in [-0.1, -0.05) is 41.9 Å². The molecule has 4 rings (SSSR count). The van der Waals surface area contributed by atoms with Crippen molar-refractivity contribution in [3.05, 3.63) is 53.8 Å². The Bertz CT molecular complexity index is 895. The van der Waals surface area contributed by atoms with E-state index in [4.69, 9.17) is 11.6 Å². The summed E-state index contributed by atoms with van der Waals surface area (Å²) in [6.45, 7) is 0. The van der Waals surface area contributed by atoms with Gasteiger partial charge in [0.25, 0.3) is 0 Å². The van der Waals surface area contributed by atoms with E-state index in [9.17, 15) is 0 Å². The Morgan fingerprint density at radius 3 is 2.56 bits per heavy atom. The summed E-state index contributed by atoms with van der Waals surface area (Å²) in [7, 11) is 0. The third kappa shape index (κ3) is 1.30. The van der Waals surface area contributed by atoms with Crippen molar-refractivity contribution >= 4 is 53.9 Å². The zero-order valence-electron chi connectivity index (χ0n) is 9.35. The van der Waals surface area contributed by atoms with Crippen LogP contribution in [0.3, 0.4) is 0 Å². The van der Waals surface area contributed by atoms with E-state index in [0.717, 1.165) is 5.39 Å². The van der Waals surface area contributed by atoms with Gasteiger partial charge in [0.2, 0.25) is 0 Å². The van der Waals surface area contributed by atoms with Crippen LogP contribution in [0.2, 0.25) is 5.15 Å². The number of hydrogen-bond donors (Lipinski definition) is 0. The molecule has 3 heteroatoms. The van der Waals surface area contributed by atoms with Gasteiger partial charge in [-0.15, -0.1) is 11.3 Å². The van der Waals surface area contributed by atoms with E-state index < -0.39 is 0 Å². The highest BCUT2D eigenvalue weighted by atomic mass is 35.5. The number of benzene rings is 2. The topological polar surface area (TPSA) is 12.9 Å². The van der Waals surface area contributed by atoms with E-state index in [1.807, 2.05) is 17.4 Å². The van der Waals surface area contributed by atoms with Crippen molar-refractivity contribution in [2.45, 2.75) is 0 Å². The summed E-state index contributed by atoms with van der Waals surface area (Å²) in [6.07, 6.45) is 1.77. The minimum atomic E-state index is 0.576. The monoisotopic (exact) mass is 269 g/mol. The molecule has 0 fully saturated rings. The van der Waals surface area contributed by atoms with E-state index in [0.29, 0.717) is 5.15 Å². The van der Waals surface area contributed by atoms with E-state index in [1.165, 1.54) is 25.6 Å². The zero-order chi connectivity index (χ0) is 12.1. The van der Waals surface area contributed by atoms with Crippen molar-refractivity contribution in [3.8, 4) is 0 Å². The molecule has 0 radical (unpaired) electrons. The number of pyridine rings is 1. The summed E-state index contributed by atoms with van der Waals surface area (Å²) >= 11 is 7.96. The van der Waals surface area contributed by atoms with Gasteiger partial charge in [-0.3, -0.25) is 0 Å². The lowest BCUT2D eigenvalue weighted by molar-refractivity contribution is 1.37. The lowest BCUT2D eigenvalue weighted by Crippen LogP contribution is -1.78. The molecule has 2 heterocycles. The van der Waals surface area contributed by atoms with Crippen LogP contribution in [0.5, 0.6) is 0 Å². The lowest BCUT2D eigenvalue weighted by Gasteiger charge is -2.00. The maximum atomic E-state index is 6.15. The Balaban J connectivity index is 2.32. The zero-order valence-corrected chi connectivity index (χ0v) is 10.9. The third-order valence-electron chi connectivity index (χ3n) is 3.24. The average molecular weight is 270 g/mol. The fourth-order valence-corrected chi connectivity index (χ4v) is 3.85. The van der Waals surface area contributed by atoms with Crippen LogP contribution in [0.1, 0.15) is 0 Å². The maximum absolute atomic E-state index is 6.15. The van der Waals surface area contributed by atoms with Crippen LogP contribution in [-0.2, 0) is 0 Å². The Hall–Kier alpha value is -1.64. The van der Waals surface area contributed by atoms with Gasteiger partial charge in [-0.25, -0.2) is 4.98 Å². The molecule has 86 valence electrons. The molecule has 0 unspecified atom stereocenters. The molecule has 0 spiro atoms. The molecule has 2 aromatic heterocycles. The van der Waals surface area contributed by atoms with Gasteiger partial charge in [0.05, 0.1) is 0 Å². The number of halogens is 1. The van der Waals surface area contributed by atoms with Gasteiger partial charge in [0.1, 0.15) is 5.15 Å². The molecule has 0 aliphatic rings. The molecule has 0 saturated carbocycles. The second-order valence-electron chi connectivity index (χ2n) is 4.24. The van der Waals surface area contributed by atoms with E-state index >= 15 is 0 Å². The Labute approximate surface area is 113 Å².